The van der Waals surface area contributed by atoms with Crippen molar-refractivity contribution in [1.82, 2.24) is 15.0 Å². The Bertz CT molecular complexity index is 1090. The van der Waals surface area contributed by atoms with Crippen LogP contribution in [0.1, 0.15) is 38.0 Å². The second-order valence-corrected chi connectivity index (χ2v) is 10.5. The summed E-state index contributed by atoms with van der Waals surface area (Å²) in [4.78, 5) is 12.7. The molecule has 2 heterocycles. The number of nitrogens with zero attached hydrogens (tertiary/aromatic N) is 3. The van der Waals surface area contributed by atoms with Crippen molar-refractivity contribution in [2.24, 2.45) is 5.92 Å². The molecular weight excluding hydrogens is 446 g/mol. The lowest BCUT2D eigenvalue weighted by molar-refractivity contribution is 0.259. The number of nitrogens with one attached hydrogen (secondary N) is 1. The molecule has 8 nitrogen and oxygen atoms in total. The second kappa shape index (κ2) is 9.86. The Balaban J connectivity index is 0.00000320. The number of halogens is 1. The summed E-state index contributed by atoms with van der Waals surface area (Å²) in [6.07, 6.45) is 0.693. The third-order valence-corrected chi connectivity index (χ3v) is 7.33. The van der Waals surface area contributed by atoms with E-state index in [2.05, 4.69) is 20.3 Å². The van der Waals surface area contributed by atoms with Crippen LogP contribution in [0.3, 0.4) is 0 Å². The first-order chi connectivity index (χ1) is 13.7. The van der Waals surface area contributed by atoms with E-state index in [1.165, 1.54) is 11.3 Å². The van der Waals surface area contributed by atoms with Crippen LogP contribution in [-0.4, -0.2) is 41.1 Å². The standard InChI is InChI=1S/C19H25N5O3S2.ClH/c1-11(2)9-14(10-25)21-16-15-17(22-18(20)28-15)24-19(23-16)29(26,27)12(3)13-7-5-4-6-8-13;/h4-8,11-12,14,25H,9-10H2,1-3H3,(H3,20,21,22,23,24);1H/t12-,14+;/m0./s1. The van der Waals surface area contributed by atoms with Crippen molar-refractivity contribution in [2.75, 3.05) is 17.7 Å². The summed E-state index contributed by atoms with van der Waals surface area (Å²) in [5, 5.41) is 12.0. The van der Waals surface area contributed by atoms with Gasteiger partial charge in [0.15, 0.2) is 16.6 Å². The Hall–Kier alpha value is -2.01. The summed E-state index contributed by atoms with van der Waals surface area (Å²) in [6, 6.07) is 8.64. The van der Waals surface area contributed by atoms with E-state index in [0.717, 1.165) is 0 Å². The monoisotopic (exact) mass is 471 g/mol. The van der Waals surface area contributed by atoms with E-state index in [-0.39, 0.29) is 41.0 Å². The van der Waals surface area contributed by atoms with Gasteiger partial charge in [0.25, 0.3) is 5.16 Å². The van der Waals surface area contributed by atoms with Crippen LogP contribution in [0.5, 0.6) is 0 Å². The van der Waals surface area contributed by atoms with Crippen molar-refractivity contribution in [1.29, 1.82) is 0 Å². The maximum Gasteiger partial charge on any atom is 0.251 e. The lowest BCUT2D eigenvalue weighted by Crippen LogP contribution is -2.26. The van der Waals surface area contributed by atoms with Gasteiger partial charge in [-0.1, -0.05) is 55.5 Å². The average molecular weight is 472 g/mol. The molecule has 1 aromatic carbocycles. The molecule has 4 N–H and O–H groups in total. The van der Waals surface area contributed by atoms with Gasteiger partial charge in [-0.25, -0.2) is 13.4 Å². The molecule has 3 aromatic rings. The molecule has 2 aromatic heterocycles. The largest absolute Gasteiger partial charge is 0.394 e. The number of aliphatic hydroxyl groups is 1. The van der Waals surface area contributed by atoms with Gasteiger partial charge in [0.05, 0.1) is 17.9 Å². The van der Waals surface area contributed by atoms with E-state index in [9.17, 15) is 13.5 Å². The third-order valence-electron chi connectivity index (χ3n) is 4.56. The van der Waals surface area contributed by atoms with Crippen LogP contribution >= 0.6 is 23.7 Å². The van der Waals surface area contributed by atoms with Gasteiger partial charge in [0.2, 0.25) is 9.84 Å². The Morgan fingerprint density at radius 2 is 1.80 bits per heavy atom. The molecule has 0 saturated heterocycles. The molecule has 0 fully saturated rings. The number of hydrogen-bond acceptors (Lipinski definition) is 9. The molecule has 0 bridgehead atoms. The normalized spacial score (nSPS) is 13.8. The van der Waals surface area contributed by atoms with E-state index in [1.54, 1.807) is 31.2 Å². The highest BCUT2D eigenvalue weighted by molar-refractivity contribution is 7.91. The first kappa shape index (κ1) is 24.3. The smallest absolute Gasteiger partial charge is 0.251 e. The minimum atomic E-state index is -3.86. The van der Waals surface area contributed by atoms with Crippen LogP contribution in [0.4, 0.5) is 10.9 Å². The van der Waals surface area contributed by atoms with Crippen molar-refractivity contribution in [3.8, 4) is 0 Å². The number of thiazole rings is 1. The minimum Gasteiger partial charge on any atom is -0.394 e. The zero-order valence-corrected chi connectivity index (χ0v) is 19.4. The minimum absolute atomic E-state index is 0. The van der Waals surface area contributed by atoms with Crippen LogP contribution < -0.4 is 11.1 Å². The van der Waals surface area contributed by atoms with Crippen LogP contribution in [0.2, 0.25) is 0 Å². The van der Waals surface area contributed by atoms with Crippen LogP contribution in [0.25, 0.3) is 10.3 Å². The van der Waals surface area contributed by atoms with Crippen LogP contribution in [0.15, 0.2) is 35.5 Å². The number of nitrogens with two attached hydrogens (primary N) is 1. The van der Waals surface area contributed by atoms with Gasteiger partial charge < -0.3 is 16.2 Å². The molecule has 11 heteroatoms. The summed E-state index contributed by atoms with van der Waals surface area (Å²) < 4.78 is 27.0. The number of anilines is 2. The van der Waals surface area contributed by atoms with Crippen LogP contribution in [0, 0.1) is 5.92 Å². The predicted octanol–water partition coefficient (Wildman–Crippen LogP) is 3.44. The number of nitrogen functional groups attached to an aromatic ring is 1. The Kier molecular flexibility index (Phi) is 7.98. The fourth-order valence-electron chi connectivity index (χ4n) is 3.05. The molecule has 30 heavy (non-hydrogen) atoms. The lowest BCUT2D eigenvalue weighted by atomic mass is 10.0. The number of aliphatic hydroxyl groups excluding tert-OH is 1. The summed E-state index contributed by atoms with van der Waals surface area (Å²) in [7, 11) is -3.86. The third kappa shape index (κ3) is 5.18. The summed E-state index contributed by atoms with van der Waals surface area (Å²) in [6.45, 7) is 5.58. The van der Waals surface area contributed by atoms with Crippen molar-refractivity contribution < 1.29 is 13.5 Å². The fourth-order valence-corrected chi connectivity index (χ4v) is 5.04. The fraction of sp³-hybridized carbons (Fsp3) is 0.421. The molecule has 2 atom stereocenters. The number of benzene rings is 1. The van der Waals surface area contributed by atoms with Gasteiger partial charge in [0, 0.05) is 0 Å². The maximum atomic E-state index is 13.2. The highest BCUT2D eigenvalue weighted by Gasteiger charge is 2.30. The van der Waals surface area contributed by atoms with Gasteiger partial charge in [-0.05, 0) is 24.8 Å². The number of aromatic nitrogens is 3. The van der Waals surface area contributed by atoms with Crippen LogP contribution in [-0.2, 0) is 9.84 Å². The molecule has 0 amide bonds. The van der Waals surface area contributed by atoms with E-state index in [1.807, 2.05) is 19.9 Å². The highest BCUT2D eigenvalue weighted by Crippen LogP contribution is 2.33. The van der Waals surface area contributed by atoms with Crippen molar-refractivity contribution in [3.05, 3.63) is 35.9 Å². The maximum absolute atomic E-state index is 13.2. The first-order valence-electron chi connectivity index (χ1n) is 9.32. The molecule has 164 valence electrons. The van der Waals surface area contributed by atoms with E-state index in [4.69, 9.17) is 5.73 Å². The van der Waals surface area contributed by atoms with E-state index >= 15 is 0 Å². The number of fused-ring (bicyclic) bond motifs is 1. The lowest BCUT2D eigenvalue weighted by Gasteiger charge is -2.19. The summed E-state index contributed by atoms with van der Waals surface area (Å²) in [5.74, 6) is 0.660. The first-order valence-corrected chi connectivity index (χ1v) is 11.7. The van der Waals surface area contributed by atoms with Gasteiger partial charge in [-0.2, -0.15) is 9.97 Å². The Morgan fingerprint density at radius 1 is 1.13 bits per heavy atom. The highest BCUT2D eigenvalue weighted by atomic mass is 35.5. The van der Waals surface area contributed by atoms with Crippen molar-refractivity contribution in [2.45, 2.75) is 43.6 Å². The molecule has 0 aliphatic carbocycles. The van der Waals surface area contributed by atoms with Gasteiger partial charge in [-0.3, -0.25) is 0 Å². The second-order valence-electron chi connectivity index (χ2n) is 7.31. The number of rotatable bonds is 8. The molecule has 0 aliphatic rings. The Morgan fingerprint density at radius 3 is 2.40 bits per heavy atom. The molecule has 3 rings (SSSR count). The predicted molar refractivity (Wildman–Crippen MR) is 123 cm³/mol. The number of sulfone groups is 1. The SMILES string of the molecule is CC(C)C[C@H](CO)Nc1nc(S(=O)(=O)[C@@H](C)c2ccccc2)nc2nc(N)sc12.Cl. The molecule has 0 spiro atoms. The quantitative estimate of drug-likeness (QED) is 0.425. The Labute approximate surface area is 186 Å². The van der Waals surface area contributed by atoms with Crippen molar-refractivity contribution >= 4 is 54.9 Å². The van der Waals surface area contributed by atoms with Gasteiger partial charge in [-0.15, -0.1) is 12.4 Å². The molecular formula is C19H26ClN5O3S2. The number of hydrogen-bond donors (Lipinski definition) is 3. The molecule has 0 saturated carbocycles. The van der Waals surface area contributed by atoms with Gasteiger partial charge >= 0.3 is 0 Å². The molecule has 0 unspecified atom stereocenters. The van der Waals surface area contributed by atoms with Crippen molar-refractivity contribution in [3.63, 3.8) is 0 Å². The zero-order valence-electron chi connectivity index (χ0n) is 16.9. The summed E-state index contributed by atoms with van der Waals surface area (Å²) in [5.41, 5.74) is 6.70. The van der Waals surface area contributed by atoms with E-state index in [0.29, 0.717) is 28.4 Å². The molecule has 0 aliphatic heterocycles. The average Bonchev–Trinajstić information content (AvgIpc) is 3.07. The topological polar surface area (TPSA) is 131 Å². The summed E-state index contributed by atoms with van der Waals surface area (Å²) >= 11 is 1.18. The van der Waals surface area contributed by atoms with Gasteiger partial charge in [0.1, 0.15) is 4.70 Å². The van der Waals surface area contributed by atoms with E-state index < -0.39 is 15.1 Å². The zero-order chi connectivity index (χ0) is 21.2. The molecule has 0 radical (unpaired) electrons.